The Labute approximate surface area is 199 Å². The average molecular weight is 442 g/mol. The molecule has 0 N–H and O–H groups in total. The molecule has 0 spiro atoms. The summed E-state index contributed by atoms with van der Waals surface area (Å²) >= 11 is 11.9. The van der Waals surface area contributed by atoms with Crippen molar-refractivity contribution < 1.29 is 48.6 Å². The number of hydrogen-bond acceptors (Lipinski definition) is 4. The Morgan fingerprint density at radius 3 is 2.45 bits per heavy atom. The van der Waals surface area contributed by atoms with E-state index < -0.39 is 11.8 Å². The van der Waals surface area contributed by atoms with Crippen molar-refractivity contribution in [3.63, 3.8) is 0 Å². The monoisotopic (exact) mass is 441 g/mol. The number of ether oxygens (including phenoxy) is 1. The summed E-state index contributed by atoms with van der Waals surface area (Å²) in [6.07, 6.45) is 0.298. The van der Waals surface area contributed by atoms with Crippen molar-refractivity contribution in [2.45, 2.75) is 20.0 Å². The molecule has 3 rings (SSSR count). The van der Waals surface area contributed by atoms with Gasteiger partial charge in [-0.2, -0.15) is 0 Å². The summed E-state index contributed by atoms with van der Waals surface area (Å²) in [4.78, 5) is 15.2. The number of nitrogens with zero attached hydrogens (tertiary/aromatic N) is 1. The van der Waals surface area contributed by atoms with E-state index >= 15 is 0 Å². The van der Waals surface area contributed by atoms with E-state index in [4.69, 9.17) is 27.9 Å². The van der Waals surface area contributed by atoms with Crippen LogP contribution >= 0.6 is 23.2 Å². The number of rotatable bonds is 6. The van der Waals surface area contributed by atoms with Gasteiger partial charge in [0.05, 0.1) is 11.7 Å². The predicted molar refractivity (Wildman–Crippen MR) is 103 cm³/mol. The Kier molecular flexibility index (Phi) is 8.49. The minimum Gasteiger partial charge on any atom is -0.543 e. The number of aryl methyl sites for hydroxylation is 1. The maximum atomic E-state index is 14.0. The average Bonchev–Trinajstić information content (AvgIpc) is 2.64. The molecule has 0 unspecified atom stereocenters. The number of carbonyl (C=O) groups excluding carboxylic acids is 1. The molecule has 0 aliphatic heterocycles. The van der Waals surface area contributed by atoms with Crippen LogP contribution in [0.2, 0.25) is 10.0 Å². The summed E-state index contributed by atoms with van der Waals surface area (Å²) in [7, 11) is 0. The number of aromatic nitrogens is 1. The zero-order valence-corrected chi connectivity index (χ0v) is 19.4. The van der Waals surface area contributed by atoms with Crippen LogP contribution in [0.25, 0.3) is 0 Å². The Morgan fingerprint density at radius 2 is 1.76 bits per heavy atom. The predicted octanol–water partition coefficient (Wildman–Crippen LogP) is 1.37. The van der Waals surface area contributed by atoms with E-state index in [-0.39, 0.29) is 41.9 Å². The van der Waals surface area contributed by atoms with Gasteiger partial charge in [0.2, 0.25) is 0 Å². The first-order valence-corrected chi connectivity index (χ1v) is 9.12. The zero-order chi connectivity index (χ0) is 20.3. The molecule has 0 bridgehead atoms. The van der Waals surface area contributed by atoms with Gasteiger partial charge in [0.25, 0.3) is 0 Å². The molecule has 0 saturated heterocycles. The minimum absolute atomic E-state index is 0. The molecule has 0 atom stereocenters. The van der Waals surface area contributed by atoms with Gasteiger partial charge in [-0.15, -0.1) is 0 Å². The molecule has 144 valence electrons. The van der Waals surface area contributed by atoms with Crippen LogP contribution < -0.4 is 39.4 Å². The molecule has 0 fully saturated rings. The van der Waals surface area contributed by atoms with Crippen molar-refractivity contribution in [3.05, 3.63) is 92.5 Å². The van der Waals surface area contributed by atoms with Crippen LogP contribution in [0.1, 0.15) is 32.9 Å². The van der Waals surface area contributed by atoms with Crippen LogP contribution in [-0.2, 0) is 13.0 Å². The van der Waals surface area contributed by atoms with Gasteiger partial charge >= 0.3 is 29.6 Å². The summed E-state index contributed by atoms with van der Waals surface area (Å²) in [5.41, 5.74) is 2.30. The van der Waals surface area contributed by atoms with Gasteiger partial charge in [0, 0.05) is 33.3 Å². The third-order valence-corrected chi connectivity index (χ3v) is 4.66. The van der Waals surface area contributed by atoms with Crippen molar-refractivity contribution in [1.82, 2.24) is 4.98 Å². The van der Waals surface area contributed by atoms with E-state index in [1.807, 2.05) is 6.92 Å². The molecule has 0 saturated carbocycles. The van der Waals surface area contributed by atoms with E-state index in [2.05, 4.69) is 4.98 Å². The van der Waals surface area contributed by atoms with E-state index in [9.17, 15) is 14.3 Å². The fourth-order valence-electron chi connectivity index (χ4n) is 2.67. The number of carboxylic acids is 1. The third kappa shape index (κ3) is 6.17. The number of carboxylic acid groups (broad SMARTS) is 1. The third-order valence-electron chi connectivity index (χ3n) is 4.19. The first-order chi connectivity index (χ1) is 13.3. The smallest absolute Gasteiger partial charge is 0.543 e. The summed E-state index contributed by atoms with van der Waals surface area (Å²) in [5.74, 6) is -1.30. The van der Waals surface area contributed by atoms with Crippen molar-refractivity contribution in [1.29, 1.82) is 0 Å². The molecule has 29 heavy (non-hydrogen) atoms. The molecule has 2 aromatic carbocycles. The summed E-state index contributed by atoms with van der Waals surface area (Å²) < 4.78 is 19.8. The van der Waals surface area contributed by atoms with Gasteiger partial charge in [0.1, 0.15) is 18.2 Å². The molecule has 8 heteroatoms. The Bertz CT molecular complexity index is 1050. The second kappa shape index (κ2) is 10.4. The van der Waals surface area contributed by atoms with Gasteiger partial charge in [-0.25, -0.2) is 4.39 Å². The molecule has 4 nitrogen and oxygen atoms in total. The quantitative estimate of drug-likeness (QED) is 0.542. The van der Waals surface area contributed by atoms with Crippen LogP contribution in [-0.4, -0.2) is 11.0 Å². The number of aromatic carboxylic acids is 1. The summed E-state index contributed by atoms with van der Waals surface area (Å²) in [6, 6.07) is 12.5. The molecule has 0 aliphatic carbocycles. The summed E-state index contributed by atoms with van der Waals surface area (Å²) in [5, 5.41) is 11.9. The van der Waals surface area contributed by atoms with Crippen LogP contribution in [0.4, 0.5) is 4.39 Å². The first-order valence-electron chi connectivity index (χ1n) is 8.36. The Morgan fingerprint density at radius 1 is 1.07 bits per heavy atom. The van der Waals surface area contributed by atoms with Gasteiger partial charge in [-0.05, 0) is 48.9 Å². The normalized spacial score (nSPS) is 10.3. The van der Waals surface area contributed by atoms with E-state index in [1.54, 1.807) is 36.4 Å². The number of benzene rings is 2. The molecule has 0 radical (unpaired) electrons. The van der Waals surface area contributed by atoms with Crippen molar-refractivity contribution in [2.24, 2.45) is 0 Å². The number of carbonyl (C=O) groups is 1. The second-order valence-electron chi connectivity index (χ2n) is 6.20. The number of hydrogen-bond donors (Lipinski definition) is 0. The topological polar surface area (TPSA) is 62.2 Å². The Balaban J connectivity index is 0.00000300. The van der Waals surface area contributed by atoms with E-state index in [1.165, 1.54) is 12.1 Å². The van der Waals surface area contributed by atoms with Crippen LogP contribution in [0.15, 0.2) is 48.5 Å². The molecule has 1 heterocycles. The van der Waals surface area contributed by atoms with Crippen molar-refractivity contribution >= 4 is 29.2 Å². The van der Waals surface area contributed by atoms with Gasteiger partial charge in [-0.1, -0.05) is 35.3 Å². The first kappa shape index (κ1) is 23.6. The second-order valence-corrected chi connectivity index (χ2v) is 7.07. The van der Waals surface area contributed by atoms with Gasteiger partial charge < -0.3 is 14.6 Å². The molecule has 1 aromatic heterocycles. The molecular weight excluding hydrogens is 427 g/mol. The fourth-order valence-corrected chi connectivity index (χ4v) is 3.02. The van der Waals surface area contributed by atoms with Gasteiger partial charge in [0.15, 0.2) is 0 Å². The molecule has 0 aliphatic rings. The standard InChI is InChI=1S/C21H16Cl2FNO3.Na/c1-12-2-6-18(21(26)27)25-19(12)9-14-8-15(22)5-7-20(14)28-11-13-3-4-16(23)10-17(13)24;/h2-8,10H,9,11H2,1H3,(H,26,27);/q;+1/p-1. The van der Waals surface area contributed by atoms with Crippen molar-refractivity contribution in [2.75, 3.05) is 0 Å². The van der Waals surface area contributed by atoms with Gasteiger partial charge in [-0.3, -0.25) is 4.98 Å². The maximum absolute atomic E-state index is 14.0. The SMILES string of the molecule is Cc1ccc(C(=O)[O-])nc1Cc1cc(Cl)ccc1OCc1ccc(Cl)cc1F.[Na+]. The minimum atomic E-state index is -1.35. The van der Waals surface area contributed by atoms with Crippen molar-refractivity contribution in [3.8, 4) is 5.75 Å². The van der Waals surface area contributed by atoms with E-state index in [0.29, 0.717) is 39.0 Å². The Hall–Kier alpha value is -1.63. The van der Waals surface area contributed by atoms with E-state index in [0.717, 1.165) is 5.56 Å². The number of halogens is 3. The van der Waals surface area contributed by atoms with Crippen LogP contribution in [0.5, 0.6) is 5.75 Å². The largest absolute Gasteiger partial charge is 1.00 e. The van der Waals surface area contributed by atoms with Crippen LogP contribution in [0.3, 0.4) is 0 Å². The molecular formula is C21H15Cl2FNNaO3. The zero-order valence-electron chi connectivity index (χ0n) is 15.8. The molecule has 3 aromatic rings. The summed E-state index contributed by atoms with van der Waals surface area (Å²) in [6.45, 7) is 1.83. The maximum Gasteiger partial charge on any atom is 1.00 e. The molecule has 0 amide bonds. The number of pyridine rings is 1. The fraction of sp³-hybridized carbons (Fsp3) is 0.143. The van der Waals surface area contributed by atoms with Crippen LogP contribution in [0, 0.1) is 12.7 Å².